The summed E-state index contributed by atoms with van der Waals surface area (Å²) in [5.74, 6) is -0.296. The lowest BCUT2D eigenvalue weighted by Gasteiger charge is -2.24. The first-order valence-corrected chi connectivity index (χ1v) is 11.0. The SMILES string of the molecule is COc1ccc2[nH]cc(CCN3C(=O)C(O)=C(C(=O)c4cccs4)C3c3ccco3)c2c1. The molecule has 1 unspecified atom stereocenters. The van der Waals surface area contributed by atoms with E-state index in [9.17, 15) is 14.7 Å². The Kier molecular flexibility index (Phi) is 5.07. The Hall–Kier alpha value is -3.78. The number of nitrogens with one attached hydrogen (secondary N) is 1. The van der Waals surface area contributed by atoms with Crippen molar-refractivity contribution in [2.75, 3.05) is 13.7 Å². The number of aromatic amines is 1. The number of nitrogens with zero attached hydrogens (tertiary/aromatic N) is 1. The minimum absolute atomic E-state index is 0.0491. The topological polar surface area (TPSA) is 95.8 Å². The van der Waals surface area contributed by atoms with E-state index in [1.54, 1.807) is 36.8 Å². The average molecular weight is 449 g/mol. The maximum Gasteiger partial charge on any atom is 0.290 e. The Balaban J connectivity index is 1.47. The molecule has 0 aliphatic carbocycles. The number of carbonyl (C=O) groups excluding carboxylic acids is 2. The Bertz CT molecular complexity index is 1320. The molecule has 0 fully saturated rings. The number of Topliss-reactive ketones (excluding diaryl/α,β-unsaturated/α-hetero) is 1. The van der Waals surface area contributed by atoms with Crippen molar-refractivity contribution in [2.45, 2.75) is 12.5 Å². The molecule has 0 saturated carbocycles. The van der Waals surface area contributed by atoms with Gasteiger partial charge in [0.25, 0.3) is 5.91 Å². The van der Waals surface area contributed by atoms with Gasteiger partial charge in [-0.1, -0.05) is 6.07 Å². The third-order valence-electron chi connectivity index (χ3n) is 5.70. The van der Waals surface area contributed by atoms with Gasteiger partial charge in [0.05, 0.1) is 23.8 Å². The summed E-state index contributed by atoms with van der Waals surface area (Å²) in [6, 6.07) is 11.8. The number of aliphatic hydroxyl groups is 1. The molecule has 7 nitrogen and oxygen atoms in total. The standard InChI is InChI=1S/C24H20N2O5S/c1-30-15-6-7-17-16(12-15)14(13-25-17)8-9-26-21(18-4-2-10-31-18)20(23(28)24(26)29)22(27)19-5-3-11-32-19/h2-7,10-13,21,25,28H,8-9H2,1H3. The molecule has 1 aromatic carbocycles. The van der Waals surface area contributed by atoms with Crippen LogP contribution in [0.1, 0.15) is 27.0 Å². The molecule has 32 heavy (non-hydrogen) atoms. The van der Waals surface area contributed by atoms with Crippen LogP contribution in [-0.4, -0.2) is 40.3 Å². The largest absolute Gasteiger partial charge is 0.503 e. The van der Waals surface area contributed by atoms with Crippen molar-refractivity contribution in [2.24, 2.45) is 0 Å². The van der Waals surface area contributed by atoms with Crippen LogP contribution in [0.3, 0.4) is 0 Å². The number of ketones is 1. The number of hydrogen-bond acceptors (Lipinski definition) is 6. The van der Waals surface area contributed by atoms with Crippen molar-refractivity contribution >= 4 is 33.9 Å². The number of carbonyl (C=O) groups is 2. The fraction of sp³-hybridized carbons (Fsp3) is 0.167. The fourth-order valence-electron chi connectivity index (χ4n) is 4.13. The van der Waals surface area contributed by atoms with E-state index in [4.69, 9.17) is 9.15 Å². The van der Waals surface area contributed by atoms with Crippen LogP contribution in [0.5, 0.6) is 5.75 Å². The average Bonchev–Trinajstić information content (AvgIpc) is 3.60. The van der Waals surface area contributed by atoms with E-state index in [1.807, 2.05) is 24.4 Å². The number of furan rings is 1. The summed E-state index contributed by atoms with van der Waals surface area (Å²) in [7, 11) is 1.62. The first kappa shape index (κ1) is 20.1. The van der Waals surface area contributed by atoms with Crippen LogP contribution in [0, 0.1) is 0 Å². The summed E-state index contributed by atoms with van der Waals surface area (Å²) < 4.78 is 10.9. The summed E-state index contributed by atoms with van der Waals surface area (Å²) >= 11 is 1.27. The smallest absolute Gasteiger partial charge is 0.290 e. The lowest BCUT2D eigenvalue weighted by Crippen LogP contribution is -2.32. The number of fused-ring (bicyclic) bond motifs is 1. The predicted octanol–water partition coefficient (Wildman–Crippen LogP) is 4.65. The quantitative estimate of drug-likeness (QED) is 0.401. The molecule has 3 aromatic heterocycles. The molecule has 1 aliphatic rings. The third-order valence-corrected chi connectivity index (χ3v) is 6.57. The van der Waals surface area contributed by atoms with Gasteiger partial charge < -0.3 is 24.1 Å². The van der Waals surface area contributed by atoms with Crippen LogP contribution in [0.15, 0.2) is 76.1 Å². The summed E-state index contributed by atoms with van der Waals surface area (Å²) in [4.78, 5) is 31.3. The number of rotatable bonds is 7. The zero-order valence-corrected chi connectivity index (χ0v) is 18.0. The van der Waals surface area contributed by atoms with E-state index >= 15 is 0 Å². The van der Waals surface area contributed by atoms with Crippen LogP contribution in [0.4, 0.5) is 0 Å². The molecule has 162 valence electrons. The Labute approximate surface area is 187 Å². The minimum atomic E-state index is -0.785. The van der Waals surface area contributed by atoms with Crippen LogP contribution < -0.4 is 4.74 Å². The van der Waals surface area contributed by atoms with Gasteiger partial charge >= 0.3 is 0 Å². The maximum absolute atomic E-state index is 13.1. The van der Waals surface area contributed by atoms with Crippen LogP contribution in [0.25, 0.3) is 10.9 Å². The van der Waals surface area contributed by atoms with E-state index in [2.05, 4.69) is 4.98 Å². The monoisotopic (exact) mass is 448 g/mol. The number of thiophene rings is 1. The summed E-state index contributed by atoms with van der Waals surface area (Å²) in [6.45, 7) is 0.291. The highest BCUT2D eigenvalue weighted by molar-refractivity contribution is 7.12. The van der Waals surface area contributed by atoms with Gasteiger partial charge in [0, 0.05) is 23.6 Å². The molecular weight excluding hydrogens is 428 g/mol. The highest BCUT2D eigenvalue weighted by atomic mass is 32.1. The number of H-pyrrole nitrogens is 1. The number of ether oxygens (including phenoxy) is 1. The fourth-order valence-corrected chi connectivity index (χ4v) is 4.81. The number of methoxy groups -OCH3 is 1. The van der Waals surface area contributed by atoms with Gasteiger partial charge in [-0.05, 0) is 53.8 Å². The van der Waals surface area contributed by atoms with Crippen LogP contribution >= 0.6 is 11.3 Å². The van der Waals surface area contributed by atoms with Crippen molar-refractivity contribution in [3.05, 3.63) is 87.8 Å². The van der Waals surface area contributed by atoms with E-state index in [0.717, 1.165) is 22.2 Å². The number of benzene rings is 1. The number of aromatic nitrogens is 1. The molecule has 1 aliphatic heterocycles. The summed E-state index contributed by atoms with van der Waals surface area (Å²) in [5, 5.41) is 13.5. The van der Waals surface area contributed by atoms with Gasteiger partial charge in [-0.2, -0.15) is 0 Å². The molecular formula is C24H20N2O5S. The Morgan fingerprint density at radius 1 is 1.28 bits per heavy atom. The summed E-state index contributed by atoms with van der Waals surface area (Å²) in [5.41, 5.74) is 2.01. The minimum Gasteiger partial charge on any atom is -0.503 e. The van der Waals surface area contributed by atoms with E-state index in [-0.39, 0.29) is 11.4 Å². The van der Waals surface area contributed by atoms with Gasteiger partial charge in [-0.3, -0.25) is 9.59 Å². The number of aliphatic hydroxyl groups excluding tert-OH is 1. The van der Waals surface area contributed by atoms with Crippen molar-refractivity contribution in [3.8, 4) is 5.75 Å². The van der Waals surface area contributed by atoms with Crippen molar-refractivity contribution in [1.82, 2.24) is 9.88 Å². The Morgan fingerprint density at radius 3 is 2.88 bits per heavy atom. The molecule has 4 heterocycles. The number of amides is 1. The summed E-state index contributed by atoms with van der Waals surface area (Å²) in [6.07, 6.45) is 3.91. The van der Waals surface area contributed by atoms with Crippen molar-refractivity contribution in [1.29, 1.82) is 0 Å². The van der Waals surface area contributed by atoms with Gasteiger partial charge in [-0.15, -0.1) is 11.3 Å². The van der Waals surface area contributed by atoms with Gasteiger partial charge in [0.15, 0.2) is 5.76 Å². The van der Waals surface area contributed by atoms with E-state index in [1.165, 1.54) is 22.5 Å². The van der Waals surface area contributed by atoms with Crippen LogP contribution in [-0.2, 0) is 11.2 Å². The van der Waals surface area contributed by atoms with Crippen LogP contribution in [0.2, 0.25) is 0 Å². The molecule has 1 atom stereocenters. The lowest BCUT2D eigenvalue weighted by atomic mass is 10.00. The third kappa shape index (κ3) is 3.29. The first-order valence-electron chi connectivity index (χ1n) is 10.1. The molecule has 0 spiro atoms. The second-order valence-corrected chi connectivity index (χ2v) is 8.41. The molecule has 0 bridgehead atoms. The van der Waals surface area contributed by atoms with Crippen molar-refractivity contribution < 1.29 is 23.8 Å². The molecule has 5 rings (SSSR count). The van der Waals surface area contributed by atoms with Crippen molar-refractivity contribution in [3.63, 3.8) is 0 Å². The highest BCUT2D eigenvalue weighted by Crippen LogP contribution is 2.40. The van der Waals surface area contributed by atoms with Gasteiger partial charge in [-0.25, -0.2) is 0 Å². The normalized spacial score (nSPS) is 16.3. The second-order valence-electron chi connectivity index (χ2n) is 7.46. The Morgan fingerprint density at radius 2 is 2.16 bits per heavy atom. The van der Waals surface area contributed by atoms with Gasteiger partial charge in [0.1, 0.15) is 17.6 Å². The van der Waals surface area contributed by atoms with Gasteiger partial charge in [0.2, 0.25) is 5.78 Å². The zero-order valence-electron chi connectivity index (χ0n) is 17.2. The predicted molar refractivity (Wildman–Crippen MR) is 120 cm³/mol. The number of hydrogen-bond donors (Lipinski definition) is 2. The molecule has 0 saturated heterocycles. The lowest BCUT2D eigenvalue weighted by molar-refractivity contribution is -0.129. The van der Waals surface area contributed by atoms with E-state index < -0.39 is 17.7 Å². The second kappa shape index (κ2) is 8.05. The first-order chi connectivity index (χ1) is 15.6. The maximum atomic E-state index is 13.1. The molecule has 8 heteroatoms. The molecule has 1 amide bonds. The molecule has 0 radical (unpaired) electrons. The molecule has 4 aromatic rings. The van der Waals surface area contributed by atoms with E-state index in [0.29, 0.717) is 23.6 Å². The zero-order chi connectivity index (χ0) is 22.2. The molecule has 2 N–H and O–H groups in total. The highest BCUT2D eigenvalue weighted by Gasteiger charge is 2.45.